The quantitative estimate of drug-likeness (QED) is 0.539. The summed E-state index contributed by atoms with van der Waals surface area (Å²) in [5.74, 6) is -1.22. The summed E-state index contributed by atoms with van der Waals surface area (Å²) in [4.78, 5) is 30.5. The van der Waals surface area contributed by atoms with Crippen molar-refractivity contribution in [2.45, 2.75) is 32.4 Å². The van der Waals surface area contributed by atoms with Crippen molar-refractivity contribution < 1.29 is 27.5 Å². The normalized spacial score (nSPS) is 20.6. The number of amides is 2. The van der Waals surface area contributed by atoms with Crippen LogP contribution in [-0.2, 0) is 20.5 Å². The van der Waals surface area contributed by atoms with Gasteiger partial charge in [0, 0.05) is 25.1 Å². The molecular weight excluding hydrogens is 445 g/mol. The van der Waals surface area contributed by atoms with Gasteiger partial charge in [0.05, 0.1) is 29.3 Å². The molecule has 0 bridgehead atoms. The first-order valence-corrected chi connectivity index (χ1v) is 11.3. The second kappa shape index (κ2) is 8.34. The zero-order chi connectivity index (χ0) is 24.0. The molecule has 3 aliphatic rings. The fourth-order valence-corrected chi connectivity index (χ4v) is 4.91. The Morgan fingerprint density at radius 1 is 0.971 bits per heavy atom. The van der Waals surface area contributed by atoms with Crippen molar-refractivity contribution in [3.63, 3.8) is 0 Å². The highest BCUT2D eigenvalue weighted by molar-refractivity contribution is 6.21. The number of carbonyl (C=O) groups excluding carboxylic acids is 2. The van der Waals surface area contributed by atoms with Crippen molar-refractivity contribution in [3.8, 4) is 0 Å². The number of ether oxygens (including phenoxy) is 1. The van der Waals surface area contributed by atoms with E-state index < -0.39 is 29.5 Å². The fraction of sp³-hybridized carbons (Fsp3) is 0.308. The lowest BCUT2D eigenvalue weighted by Crippen LogP contribution is -2.42. The van der Waals surface area contributed by atoms with E-state index in [-0.39, 0.29) is 17.9 Å². The maximum atomic E-state index is 14.0. The van der Waals surface area contributed by atoms with E-state index >= 15 is 0 Å². The molecule has 2 amide bonds. The number of benzene rings is 2. The topological polar surface area (TPSA) is 49.9 Å². The van der Waals surface area contributed by atoms with Crippen LogP contribution in [0.1, 0.15) is 31.7 Å². The molecule has 1 aliphatic carbocycles. The molecule has 1 unspecified atom stereocenters. The molecule has 5 rings (SSSR count). The Hall–Kier alpha value is -3.55. The largest absolute Gasteiger partial charge is 0.497 e. The minimum atomic E-state index is -4.59. The van der Waals surface area contributed by atoms with Crippen LogP contribution in [0.2, 0.25) is 0 Å². The average molecular weight is 468 g/mol. The van der Waals surface area contributed by atoms with Gasteiger partial charge in [-0.05, 0) is 54.8 Å². The molecule has 2 aliphatic heterocycles. The van der Waals surface area contributed by atoms with Gasteiger partial charge in [-0.1, -0.05) is 24.3 Å². The summed E-state index contributed by atoms with van der Waals surface area (Å²) in [6, 6.07) is 11.7. The lowest BCUT2D eigenvalue weighted by molar-refractivity contribution is -0.137. The molecule has 0 aromatic heterocycles. The second-order valence-electron chi connectivity index (χ2n) is 8.49. The standard InChI is InChI=1S/C26H23F3N2O3/c1-2-30-20-10-9-18(26(27,28)29)15-21(20)31(19-6-4-3-5-7-19)25(33)23(24(30)32)17-8-11-22-16(14-17)12-13-34-22/h3-7,9-10,14-15,23H,2,8,11-13H2,1H3. The van der Waals surface area contributed by atoms with Crippen LogP contribution in [0.15, 0.2) is 71.5 Å². The summed E-state index contributed by atoms with van der Waals surface area (Å²) in [7, 11) is 0. The average Bonchev–Trinajstić information content (AvgIpc) is 3.25. The van der Waals surface area contributed by atoms with Gasteiger partial charge in [-0.2, -0.15) is 13.2 Å². The Morgan fingerprint density at radius 3 is 2.44 bits per heavy atom. The lowest BCUT2D eigenvalue weighted by atomic mass is 9.86. The van der Waals surface area contributed by atoms with E-state index in [4.69, 9.17) is 4.74 Å². The number of halogens is 3. The molecule has 0 saturated carbocycles. The van der Waals surface area contributed by atoms with Gasteiger partial charge >= 0.3 is 6.18 Å². The van der Waals surface area contributed by atoms with Crippen LogP contribution in [0.5, 0.6) is 0 Å². The molecule has 2 aromatic carbocycles. The van der Waals surface area contributed by atoms with E-state index in [9.17, 15) is 22.8 Å². The first-order chi connectivity index (χ1) is 16.3. The number of hydrogen-bond acceptors (Lipinski definition) is 3. The van der Waals surface area contributed by atoms with E-state index in [0.717, 1.165) is 23.5 Å². The first kappa shape index (κ1) is 22.3. The number of fused-ring (bicyclic) bond motifs is 1. The minimum Gasteiger partial charge on any atom is -0.497 e. The van der Waals surface area contributed by atoms with Gasteiger partial charge in [-0.15, -0.1) is 0 Å². The molecule has 2 heterocycles. The molecule has 5 nitrogen and oxygen atoms in total. The molecule has 0 fully saturated rings. The summed E-state index contributed by atoms with van der Waals surface area (Å²) in [6.07, 6.45) is -0.931. The fourth-order valence-electron chi connectivity index (χ4n) is 4.91. The van der Waals surface area contributed by atoms with Crippen molar-refractivity contribution >= 4 is 28.9 Å². The monoisotopic (exact) mass is 468 g/mol. The van der Waals surface area contributed by atoms with Gasteiger partial charge in [-0.3, -0.25) is 14.5 Å². The van der Waals surface area contributed by atoms with Crippen LogP contribution < -0.4 is 9.80 Å². The van der Waals surface area contributed by atoms with Crippen molar-refractivity contribution in [2.75, 3.05) is 23.0 Å². The molecular formula is C26H23F3N2O3. The molecule has 8 heteroatoms. The SMILES string of the molecule is CCN1C(=O)C(C2=CC3=C(CC2)OCC3)C(=O)N(c2ccccc2)c2cc(C(F)(F)F)ccc21. The van der Waals surface area contributed by atoms with Gasteiger partial charge in [0.2, 0.25) is 11.8 Å². The maximum absolute atomic E-state index is 14.0. The van der Waals surface area contributed by atoms with Gasteiger partial charge in [0.15, 0.2) is 0 Å². The number of alkyl halides is 3. The molecule has 176 valence electrons. The van der Waals surface area contributed by atoms with Crippen LogP contribution in [0.4, 0.5) is 30.2 Å². The van der Waals surface area contributed by atoms with Crippen LogP contribution in [0.25, 0.3) is 0 Å². The predicted molar refractivity (Wildman–Crippen MR) is 121 cm³/mol. The molecule has 0 saturated heterocycles. The van der Waals surface area contributed by atoms with Gasteiger partial charge in [-0.25, -0.2) is 0 Å². The highest BCUT2D eigenvalue weighted by atomic mass is 19.4. The first-order valence-electron chi connectivity index (χ1n) is 11.3. The number of nitrogens with zero attached hydrogens (tertiary/aromatic N) is 2. The zero-order valence-electron chi connectivity index (χ0n) is 18.6. The second-order valence-corrected chi connectivity index (χ2v) is 8.49. The number of allylic oxidation sites excluding steroid dienone is 2. The summed E-state index contributed by atoms with van der Waals surface area (Å²) in [5, 5.41) is 0. The van der Waals surface area contributed by atoms with E-state index in [1.54, 1.807) is 37.3 Å². The van der Waals surface area contributed by atoms with Crippen LogP contribution in [0.3, 0.4) is 0 Å². The molecule has 0 radical (unpaired) electrons. The predicted octanol–water partition coefficient (Wildman–Crippen LogP) is 5.75. The Balaban J connectivity index is 1.71. The number of carbonyl (C=O) groups is 2. The van der Waals surface area contributed by atoms with Gasteiger partial charge < -0.3 is 9.64 Å². The lowest BCUT2D eigenvalue weighted by Gasteiger charge is -2.27. The molecule has 1 atom stereocenters. The third kappa shape index (κ3) is 3.67. The smallest absolute Gasteiger partial charge is 0.416 e. The Bertz CT molecular complexity index is 1220. The third-order valence-electron chi connectivity index (χ3n) is 6.52. The van der Waals surface area contributed by atoms with Gasteiger partial charge in [0.25, 0.3) is 0 Å². The highest BCUT2D eigenvalue weighted by Gasteiger charge is 2.44. The van der Waals surface area contributed by atoms with Crippen molar-refractivity contribution in [2.24, 2.45) is 5.92 Å². The molecule has 0 N–H and O–H groups in total. The van der Waals surface area contributed by atoms with E-state index in [2.05, 4.69) is 0 Å². The van der Waals surface area contributed by atoms with Gasteiger partial charge in [0.1, 0.15) is 5.92 Å². The van der Waals surface area contributed by atoms with E-state index in [1.165, 1.54) is 15.9 Å². The summed E-state index contributed by atoms with van der Waals surface area (Å²) < 4.78 is 46.5. The summed E-state index contributed by atoms with van der Waals surface area (Å²) >= 11 is 0. The van der Waals surface area contributed by atoms with Crippen molar-refractivity contribution in [1.82, 2.24) is 0 Å². The molecule has 34 heavy (non-hydrogen) atoms. The minimum absolute atomic E-state index is 0.0456. The van der Waals surface area contributed by atoms with Crippen LogP contribution in [-0.4, -0.2) is 25.0 Å². The Kier molecular flexibility index (Phi) is 5.46. The highest BCUT2D eigenvalue weighted by Crippen LogP contribution is 2.45. The molecule has 0 spiro atoms. The van der Waals surface area contributed by atoms with Crippen molar-refractivity contribution in [3.05, 3.63) is 77.1 Å². The zero-order valence-corrected chi connectivity index (χ0v) is 18.6. The Morgan fingerprint density at radius 2 is 1.74 bits per heavy atom. The number of anilines is 3. The molecule has 2 aromatic rings. The summed E-state index contributed by atoms with van der Waals surface area (Å²) in [5.41, 5.74) is 1.51. The third-order valence-corrected chi connectivity index (χ3v) is 6.52. The maximum Gasteiger partial charge on any atom is 0.416 e. The number of rotatable bonds is 3. The summed E-state index contributed by atoms with van der Waals surface area (Å²) in [6.45, 7) is 2.54. The van der Waals surface area contributed by atoms with Crippen molar-refractivity contribution in [1.29, 1.82) is 0 Å². The number of hydrogen-bond donors (Lipinski definition) is 0. The van der Waals surface area contributed by atoms with E-state index in [1.807, 2.05) is 6.08 Å². The van der Waals surface area contributed by atoms with E-state index in [0.29, 0.717) is 37.1 Å². The van der Waals surface area contributed by atoms with Crippen LogP contribution >= 0.6 is 0 Å². The Labute approximate surface area is 195 Å². The number of para-hydroxylation sites is 1. The van der Waals surface area contributed by atoms with Crippen LogP contribution in [0, 0.1) is 5.92 Å².